The van der Waals surface area contributed by atoms with E-state index in [0.717, 1.165) is 6.07 Å². The molecule has 0 aliphatic carbocycles. The number of aromatic hydroxyl groups is 2. The Bertz CT molecular complexity index is 1410. The third kappa shape index (κ3) is 5.12. The zero-order valence-corrected chi connectivity index (χ0v) is 20.7. The number of fused-ring (bicyclic) bond motifs is 1. The zero-order valence-electron chi connectivity index (χ0n) is 20.7. The van der Waals surface area contributed by atoms with E-state index >= 15 is 0 Å². The third-order valence-corrected chi connectivity index (χ3v) is 6.88. The Hall–Kier alpha value is -3.31. The Balaban J connectivity index is 1.47. The van der Waals surface area contributed by atoms with Gasteiger partial charge in [-0.3, -0.25) is 4.79 Å². The van der Waals surface area contributed by atoms with Gasteiger partial charge >= 0.3 is 0 Å². The molecule has 1 aromatic heterocycles. The summed E-state index contributed by atoms with van der Waals surface area (Å²) < 4.78 is 28.0. The molecule has 14 heteroatoms. The van der Waals surface area contributed by atoms with Crippen molar-refractivity contribution in [2.75, 3.05) is 19.8 Å². The van der Waals surface area contributed by atoms with Gasteiger partial charge in [0.15, 0.2) is 17.8 Å². The van der Waals surface area contributed by atoms with E-state index in [4.69, 9.17) is 23.4 Å². The molecule has 2 aliphatic heterocycles. The minimum absolute atomic E-state index is 0.00882. The summed E-state index contributed by atoms with van der Waals surface area (Å²) in [5.74, 6) is -0.496. The van der Waals surface area contributed by atoms with E-state index < -0.39 is 79.7 Å². The lowest BCUT2D eigenvalue weighted by molar-refractivity contribution is -0.318. The van der Waals surface area contributed by atoms with Gasteiger partial charge in [-0.1, -0.05) is 0 Å². The lowest BCUT2D eigenvalue weighted by Crippen LogP contribution is -2.62. The number of hydrogen-bond acceptors (Lipinski definition) is 14. The van der Waals surface area contributed by atoms with Gasteiger partial charge in [-0.25, -0.2) is 0 Å². The number of phenols is 2. The molecule has 2 fully saturated rings. The zero-order chi connectivity index (χ0) is 28.8. The topological polar surface area (TPSA) is 229 Å². The van der Waals surface area contributed by atoms with E-state index in [1.165, 1.54) is 36.4 Å². The maximum absolute atomic E-state index is 12.8. The van der Waals surface area contributed by atoms with Gasteiger partial charge in [-0.05, 0) is 24.3 Å². The minimum Gasteiger partial charge on any atom is -0.508 e. The number of aliphatic hydroxyl groups is 6. The SMILES string of the molecule is O=c1cc(-c2ccc(O)cc2)oc2cc(O[C@@H]3O[C@@H](CO)[C@@H](O)[C@H](O)[C@H]3O[C@@H]3OC[C@](O)(CO)[C@@H]3O)cc(O)c12. The van der Waals surface area contributed by atoms with Gasteiger partial charge in [-0.2, -0.15) is 0 Å². The fraction of sp³-hybridized carbons (Fsp3) is 0.423. The van der Waals surface area contributed by atoms with Crippen LogP contribution in [0.1, 0.15) is 0 Å². The Morgan fingerprint density at radius 2 is 1.70 bits per heavy atom. The molecule has 0 unspecified atom stereocenters. The summed E-state index contributed by atoms with van der Waals surface area (Å²) >= 11 is 0. The second-order valence-corrected chi connectivity index (χ2v) is 9.65. The molecule has 3 heterocycles. The molecule has 0 radical (unpaired) electrons. The monoisotopic (exact) mass is 564 g/mol. The first kappa shape index (κ1) is 28.2. The van der Waals surface area contributed by atoms with Gasteiger partial charge in [0, 0.05) is 23.8 Å². The van der Waals surface area contributed by atoms with Gasteiger partial charge in [0.2, 0.25) is 6.29 Å². The highest BCUT2D eigenvalue weighted by Crippen LogP contribution is 2.35. The highest BCUT2D eigenvalue weighted by Gasteiger charge is 2.53. The molecule has 0 spiro atoms. The van der Waals surface area contributed by atoms with Crippen LogP contribution in [0.15, 0.2) is 51.7 Å². The number of rotatable bonds is 7. The van der Waals surface area contributed by atoms with Gasteiger partial charge in [0.05, 0.1) is 19.8 Å². The van der Waals surface area contributed by atoms with Crippen molar-refractivity contribution in [3.63, 3.8) is 0 Å². The number of phenolic OH excluding ortho intramolecular Hbond substituents is 2. The van der Waals surface area contributed by atoms with Crippen LogP contribution in [-0.2, 0) is 14.2 Å². The van der Waals surface area contributed by atoms with Gasteiger partial charge < -0.3 is 64.2 Å². The summed E-state index contributed by atoms with van der Waals surface area (Å²) in [7, 11) is 0. The fourth-order valence-corrected chi connectivity index (χ4v) is 4.57. The average Bonchev–Trinajstić information content (AvgIpc) is 3.21. The lowest BCUT2D eigenvalue weighted by atomic mass is 9.98. The molecule has 2 saturated heterocycles. The molecule has 8 N–H and O–H groups in total. The van der Waals surface area contributed by atoms with Crippen LogP contribution in [0.4, 0.5) is 0 Å². The van der Waals surface area contributed by atoms with Crippen molar-refractivity contribution in [3.8, 4) is 28.6 Å². The molecular weight excluding hydrogens is 536 g/mol. The molecular formula is C26H28O14. The largest absolute Gasteiger partial charge is 0.508 e. The van der Waals surface area contributed by atoms with Crippen molar-refractivity contribution in [1.29, 1.82) is 0 Å². The Morgan fingerprint density at radius 3 is 2.35 bits per heavy atom. The summed E-state index contributed by atoms with van der Waals surface area (Å²) in [6.45, 7) is -2.06. The van der Waals surface area contributed by atoms with Crippen LogP contribution in [0.5, 0.6) is 17.2 Å². The summed E-state index contributed by atoms with van der Waals surface area (Å²) in [4.78, 5) is 12.8. The van der Waals surface area contributed by atoms with Gasteiger partial charge in [0.1, 0.15) is 64.0 Å². The minimum atomic E-state index is -2.04. The molecule has 14 nitrogen and oxygen atoms in total. The molecule has 216 valence electrons. The van der Waals surface area contributed by atoms with E-state index in [1.54, 1.807) is 0 Å². The predicted octanol–water partition coefficient (Wildman–Crippen LogP) is -1.49. The summed E-state index contributed by atoms with van der Waals surface area (Å²) in [5.41, 5.74) is -2.22. The smallest absolute Gasteiger partial charge is 0.229 e. The third-order valence-electron chi connectivity index (χ3n) is 6.88. The van der Waals surface area contributed by atoms with Crippen molar-refractivity contribution in [3.05, 3.63) is 52.7 Å². The van der Waals surface area contributed by atoms with Crippen LogP contribution in [0, 0.1) is 0 Å². The quantitative estimate of drug-likeness (QED) is 0.164. The first-order valence-electron chi connectivity index (χ1n) is 12.2. The predicted molar refractivity (Wildman–Crippen MR) is 132 cm³/mol. The molecule has 0 saturated carbocycles. The number of aliphatic hydroxyl groups excluding tert-OH is 5. The second kappa shape index (κ2) is 10.9. The number of ether oxygens (including phenoxy) is 4. The molecule has 0 bridgehead atoms. The Labute approximate surface area is 225 Å². The van der Waals surface area contributed by atoms with Crippen molar-refractivity contribution in [1.82, 2.24) is 0 Å². The van der Waals surface area contributed by atoms with Crippen LogP contribution in [0.2, 0.25) is 0 Å². The first-order valence-corrected chi connectivity index (χ1v) is 12.2. The Kier molecular flexibility index (Phi) is 7.71. The molecule has 8 atom stereocenters. The van der Waals surface area contributed by atoms with Crippen LogP contribution in [0.25, 0.3) is 22.3 Å². The van der Waals surface area contributed by atoms with Crippen molar-refractivity contribution in [2.45, 2.75) is 48.7 Å². The summed E-state index contributed by atoms with van der Waals surface area (Å²) in [5, 5.41) is 80.7. The maximum Gasteiger partial charge on any atom is 0.229 e. The van der Waals surface area contributed by atoms with Crippen LogP contribution in [-0.4, -0.2) is 109 Å². The summed E-state index contributed by atoms with van der Waals surface area (Å²) in [6, 6.07) is 9.37. The highest BCUT2D eigenvalue weighted by atomic mass is 16.8. The molecule has 3 aromatic rings. The van der Waals surface area contributed by atoms with Crippen LogP contribution >= 0.6 is 0 Å². The van der Waals surface area contributed by atoms with Gasteiger partial charge in [0.25, 0.3) is 0 Å². The van der Waals surface area contributed by atoms with E-state index in [9.17, 15) is 45.6 Å². The molecule has 2 aromatic carbocycles. The normalized spacial score (nSPS) is 32.4. The Morgan fingerprint density at radius 1 is 0.975 bits per heavy atom. The van der Waals surface area contributed by atoms with E-state index in [-0.39, 0.29) is 28.2 Å². The van der Waals surface area contributed by atoms with Crippen LogP contribution < -0.4 is 10.2 Å². The molecule has 40 heavy (non-hydrogen) atoms. The van der Waals surface area contributed by atoms with Crippen molar-refractivity contribution in [2.24, 2.45) is 0 Å². The van der Waals surface area contributed by atoms with E-state index in [2.05, 4.69) is 0 Å². The molecule has 2 aliphatic rings. The maximum atomic E-state index is 12.8. The number of hydrogen-bond donors (Lipinski definition) is 8. The summed E-state index contributed by atoms with van der Waals surface area (Å²) in [6.07, 6.45) is -11.2. The first-order chi connectivity index (χ1) is 19.0. The standard InChI is InChI=1S/C26H28O14/c27-8-18-20(32)21(33)22(40-25-23(34)26(35,9-28)10-36-25)24(39-18)37-13-5-14(30)19-15(31)7-16(38-17(19)6-13)11-1-3-12(29)4-2-11/h1-7,18,20-25,27-30,32-35H,8-10H2/t18-,20+,21-,22+,23+,24+,25-,26+/m0/s1. The molecule has 0 amide bonds. The second-order valence-electron chi connectivity index (χ2n) is 9.65. The van der Waals surface area contributed by atoms with E-state index in [0.29, 0.717) is 5.56 Å². The lowest BCUT2D eigenvalue weighted by Gasteiger charge is -2.42. The van der Waals surface area contributed by atoms with Crippen molar-refractivity contribution >= 4 is 11.0 Å². The van der Waals surface area contributed by atoms with E-state index in [1.807, 2.05) is 0 Å². The van der Waals surface area contributed by atoms with Crippen LogP contribution in [0.3, 0.4) is 0 Å². The number of benzene rings is 2. The fourth-order valence-electron chi connectivity index (χ4n) is 4.57. The average molecular weight is 564 g/mol. The van der Waals surface area contributed by atoms with Crippen molar-refractivity contribution < 1.29 is 64.2 Å². The highest BCUT2D eigenvalue weighted by molar-refractivity contribution is 5.86. The molecule has 5 rings (SSSR count). The van der Waals surface area contributed by atoms with Gasteiger partial charge in [-0.15, -0.1) is 0 Å².